The van der Waals surface area contributed by atoms with Gasteiger partial charge in [0.1, 0.15) is 17.1 Å². The van der Waals surface area contributed by atoms with Gasteiger partial charge in [-0.1, -0.05) is 25.5 Å². The van der Waals surface area contributed by atoms with Crippen LogP contribution in [0.4, 0.5) is 0 Å². The smallest absolute Gasteiger partial charge is 0.344 e. The first-order valence-electron chi connectivity index (χ1n) is 8.06. The quantitative estimate of drug-likeness (QED) is 0.489. The maximum Gasteiger partial charge on any atom is 0.344 e. The zero-order valence-electron chi connectivity index (χ0n) is 13.9. The monoisotopic (exact) mass is 324 g/mol. The molecule has 1 aromatic heterocycles. The standard InChI is InChI=1S/C20H20O4/c1-3-4-11-23-16-8-5-14(6-9-16)18-12-15-7-10-17(22-2)13-19(15)24-20(18)21/h5-10,12-13H,3-4,11H2,1-2H3. The topological polar surface area (TPSA) is 48.7 Å². The third-order valence-corrected chi connectivity index (χ3v) is 3.88. The lowest BCUT2D eigenvalue weighted by atomic mass is 10.1. The van der Waals surface area contributed by atoms with Crippen LogP contribution in [0.15, 0.2) is 57.7 Å². The molecule has 124 valence electrons. The SMILES string of the molecule is CCCCOc1ccc(-c2cc3ccc(OC)cc3oc2=O)cc1. The van der Waals surface area contributed by atoms with Crippen molar-refractivity contribution in [3.8, 4) is 22.6 Å². The van der Waals surface area contributed by atoms with E-state index in [1.165, 1.54) is 0 Å². The van der Waals surface area contributed by atoms with E-state index >= 15 is 0 Å². The molecule has 0 bridgehead atoms. The van der Waals surface area contributed by atoms with Crippen LogP contribution in [-0.2, 0) is 0 Å². The molecule has 0 unspecified atom stereocenters. The van der Waals surface area contributed by atoms with Gasteiger partial charge in [0.15, 0.2) is 0 Å². The van der Waals surface area contributed by atoms with Crippen molar-refractivity contribution in [1.82, 2.24) is 0 Å². The first-order valence-corrected chi connectivity index (χ1v) is 8.06. The summed E-state index contributed by atoms with van der Waals surface area (Å²) in [6.07, 6.45) is 2.13. The molecule has 0 spiro atoms. The number of benzene rings is 2. The van der Waals surface area contributed by atoms with Gasteiger partial charge >= 0.3 is 5.63 Å². The van der Waals surface area contributed by atoms with Crippen molar-refractivity contribution in [2.24, 2.45) is 0 Å². The Bertz CT molecular complexity index is 878. The van der Waals surface area contributed by atoms with Crippen molar-refractivity contribution in [2.45, 2.75) is 19.8 Å². The Hall–Kier alpha value is -2.75. The van der Waals surface area contributed by atoms with Crippen molar-refractivity contribution < 1.29 is 13.9 Å². The summed E-state index contributed by atoms with van der Waals surface area (Å²) < 4.78 is 16.2. The summed E-state index contributed by atoms with van der Waals surface area (Å²) in [6.45, 7) is 2.83. The lowest BCUT2D eigenvalue weighted by Gasteiger charge is -2.07. The number of ether oxygens (including phenoxy) is 2. The van der Waals surface area contributed by atoms with E-state index in [1.54, 1.807) is 13.2 Å². The van der Waals surface area contributed by atoms with Gasteiger partial charge in [-0.2, -0.15) is 0 Å². The minimum Gasteiger partial charge on any atom is -0.497 e. The molecule has 0 amide bonds. The normalized spacial score (nSPS) is 10.8. The first kappa shape index (κ1) is 16.1. The van der Waals surface area contributed by atoms with Crippen LogP contribution in [0.1, 0.15) is 19.8 Å². The zero-order valence-corrected chi connectivity index (χ0v) is 13.9. The Labute approximate surface area is 140 Å². The molecule has 0 saturated heterocycles. The van der Waals surface area contributed by atoms with Crippen LogP contribution < -0.4 is 15.1 Å². The fourth-order valence-corrected chi connectivity index (χ4v) is 2.48. The fourth-order valence-electron chi connectivity index (χ4n) is 2.48. The van der Waals surface area contributed by atoms with Gasteiger partial charge in [-0.15, -0.1) is 0 Å². The van der Waals surface area contributed by atoms with Crippen LogP contribution in [0.25, 0.3) is 22.1 Å². The van der Waals surface area contributed by atoms with Crippen molar-refractivity contribution >= 4 is 11.0 Å². The molecule has 0 aliphatic heterocycles. The molecule has 0 atom stereocenters. The largest absolute Gasteiger partial charge is 0.497 e. The van der Waals surface area contributed by atoms with Crippen LogP contribution in [0.2, 0.25) is 0 Å². The second-order valence-electron chi connectivity index (χ2n) is 5.58. The van der Waals surface area contributed by atoms with E-state index in [2.05, 4.69) is 6.92 Å². The Balaban J connectivity index is 1.91. The van der Waals surface area contributed by atoms with Crippen LogP contribution >= 0.6 is 0 Å². The van der Waals surface area contributed by atoms with E-state index in [4.69, 9.17) is 13.9 Å². The van der Waals surface area contributed by atoms with E-state index in [0.29, 0.717) is 23.5 Å². The summed E-state index contributed by atoms with van der Waals surface area (Å²) in [5.74, 6) is 1.47. The van der Waals surface area contributed by atoms with Crippen LogP contribution in [0, 0.1) is 0 Å². The summed E-state index contributed by atoms with van der Waals surface area (Å²) in [5.41, 5.74) is 1.50. The van der Waals surface area contributed by atoms with E-state index in [0.717, 1.165) is 29.5 Å². The molecule has 0 aliphatic carbocycles. The van der Waals surface area contributed by atoms with Gasteiger partial charge in [0.2, 0.25) is 0 Å². The number of hydrogen-bond acceptors (Lipinski definition) is 4. The molecule has 0 fully saturated rings. The molecule has 0 saturated carbocycles. The number of rotatable bonds is 6. The van der Waals surface area contributed by atoms with E-state index in [-0.39, 0.29) is 5.63 Å². The highest BCUT2D eigenvalue weighted by atomic mass is 16.5. The average molecular weight is 324 g/mol. The lowest BCUT2D eigenvalue weighted by Crippen LogP contribution is -2.03. The van der Waals surface area contributed by atoms with Gasteiger partial charge in [0.05, 0.1) is 19.3 Å². The van der Waals surface area contributed by atoms with Crippen LogP contribution in [-0.4, -0.2) is 13.7 Å². The Morgan fingerprint density at radius 1 is 1.00 bits per heavy atom. The minimum absolute atomic E-state index is 0.365. The van der Waals surface area contributed by atoms with Gasteiger partial charge in [-0.3, -0.25) is 0 Å². The molecule has 3 aromatic rings. The minimum atomic E-state index is -0.365. The Morgan fingerprint density at radius 3 is 2.46 bits per heavy atom. The number of unbranched alkanes of at least 4 members (excludes halogenated alkanes) is 1. The molecule has 0 N–H and O–H groups in total. The molecule has 4 heteroatoms. The third-order valence-electron chi connectivity index (χ3n) is 3.88. The molecular formula is C20H20O4. The lowest BCUT2D eigenvalue weighted by molar-refractivity contribution is 0.309. The molecule has 0 aliphatic rings. The fraction of sp³-hybridized carbons (Fsp3) is 0.250. The van der Waals surface area contributed by atoms with Crippen molar-refractivity contribution in [3.63, 3.8) is 0 Å². The predicted molar refractivity (Wildman–Crippen MR) is 94.9 cm³/mol. The predicted octanol–water partition coefficient (Wildman–Crippen LogP) is 4.65. The number of hydrogen-bond donors (Lipinski definition) is 0. The summed E-state index contributed by atoms with van der Waals surface area (Å²) in [5, 5.41) is 0.855. The molecule has 24 heavy (non-hydrogen) atoms. The number of fused-ring (bicyclic) bond motifs is 1. The molecule has 1 heterocycles. The average Bonchev–Trinajstić information content (AvgIpc) is 2.61. The van der Waals surface area contributed by atoms with E-state index < -0.39 is 0 Å². The summed E-state index contributed by atoms with van der Waals surface area (Å²) >= 11 is 0. The highest BCUT2D eigenvalue weighted by Gasteiger charge is 2.09. The Kier molecular flexibility index (Phi) is 4.85. The zero-order chi connectivity index (χ0) is 16.9. The molecular weight excluding hydrogens is 304 g/mol. The van der Waals surface area contributed by atoms with Gasteiger partial charge in [0.25, 0.3) is 0 Å². The second-order valence-corrected chi connectivity index (χ2v) is 5.58. The highest BCUT2D eigenvalue weighted by Crippen LogP contribution is 2.25. The molecule has 2 aromatic carbocycles. The van der Waals surface area contributed by atoms with Crippen molar-refractivity contribution in [1.29, 1.82) is 0 Å². The van der Waals surface area contributed by atoms with Crippen molar-refractivity contribution in [3.05, 3.63) is 59.0 Å². The first-order chi connectivity index (χ1) is 11.7. The Morgan fingerprint density at radius 2 is 1.75 bits per heavy atom. The number of methoxy groups -OCH3 is 1. The van der Waals surface area contributed by atoms with Gasteiger partial charge in [0, 0.05) is 11.5 Å². The summed E-state index contributed by atoms with van der Waals surface area (Å²) in [6, 6.07) is 14.8. The van der Waals surface area contributed by atoms with Gasteiger partial charge < -0.3 is 13.9 Å². The van der Waals surface area contributed by atoms with Gasteiger partial charge in [-0.25, -0.2) is 4.79 Å². The van der Waals surface area contributed by atoms with Crippen LogP contribution in [0.5, 0.6) is 11.5 Å². The molecule has 3 rings (SSSR count). The maximum atomic E-state index is 12.3. The second kappa shape index (κ2) is 7.21. The highest BCUT2D eigenvalue weighted by molar-refractivity contribution is 5.82. The van der Waals surface area contributed by atoms with E-state index in [9.17, 15) is 4.79 Å². The van der Waals surface area contributed by atoms with Crippen molar-refractivity contribution in [2.75, 3.05) is 13.7 Å². The molecule has 4 nitrogen and oxygen atoms in total. The third kappa shape index (κ3) is 3.43. The summed E-state index contributed by atoms with van der Waals surface area (Å²) in [4.78, 5) is 12.3. The molecule has 0 radical (unpaired) electrons. The van der Waals surface area contributed by atoms with Crippen LogP contribution in [0.3, 0.4) is 0 Å². The van der Waals surface area contributed by atoms with E-state index in [1.807, 2.05) is 42.5 Å². The summed E-state index contributed by atoms with van der Waals surface area (Å²) in [7, 11) is 1.58. The van der Waals surface area contributed by atoms with Gasteiger partial charge in [-0.05, 0) is 42.3 Å². The maximum absolute atomic E-state index is 12.3.